The van der Waals surface area contributed by atoms with Gasteiger partial charge in [0.15, 0.2) is 0 Å². The zero-order valence-electron chi connectivity index (χ0n) is 13.1. The highest BCUT2D eigenvalue weighted by atomic mass is 32.1. The van der Waals surface area contributed by atoms with Crippen molar-refractivity contribution in [1.82, 2.24) is 15.2 Å². The number of likely N-dealkylation sites (tertiary alicyclic amines) is 1. The Balaban J connectivity index is 1.85. The van der Waals surface area contributed by atoms with E-state index in [1.165, 1.54) is 36.5 Å². The second-order valence-corrected chi connectivity index (χ2v) is 7.91. The van der Waals surface area contributed by atoms with Crippen molar-refractivity contribution in [3.63, 3.8) is 0 Å². The summed E-state index contributed by atoms with van der Waals surface area (Å²) in [7, 11) is 0. The molecule has 0 bridgehead atoms. The molecule has 2 heterocycles. The highest BCUT2D eigenvalue weighted by Gasteiger charge is 2.45. The normalized spacial score (nSPS) is 27.9. The highest BCUT2D eigenvalue weighted by molar-refractivity contribution is 7.09. The van der Waals surface area contributed by atoms with Gasteiger partial charge in [-0.2, -0.15) is 0 Å². The highest BCUT2D eigenvalue weighted by Crippen LogP contribution is 2.38. The fourth-order valence-corrected chi connectivity index (χ4v) is 4.19. The third-order valence-electron chi connectivity index (χ3n) is 4.61. The molecule has 0 amide bonds. The first kappa shape index (κ1) is 14.5. The summed E-state index contributed by atoms with van der Waals surface area (Å²) in [5.74, 6) is 0.528. The maximum absolute atomic E-state index is 4.97. The third kappa shape index (κ3) is 2.78. The molecule has 1 unspecified atom stereocenters. The standard InChI is InChI=1S/C16H27N3S/c1-11(2)14-9-20-15(17-14)16(18-13-5-6-13)7-8-19(10-16)12(3)4/h9,11-13,18H,5-8,10H2,1-4H3. The SMILES string of the molecule is CC(C)c1csc(C2(NC3CC3)CCN(C(C)C)C2)n1. The Morgan fingerprint density at radius 1 is 1.35 bits per heavy atom. The molecule has 1 aliphatic carbocycles. The quantitative estimate of drug-likeness (QED) is 0.902. The number of rotatable bonds is 5. The van der Waals surface area contributed by atoms with Gasteiger partial charge in [0.05, 0.1) is 11.2 Å². The average molecular weight is 293 g/mol. The molecule has 0 spiro atoms. The molecule has 1 aromatic rings. The maximum atomic E-state index is 4.97. The van der Waals surface area contributed by atoms with E-state index in [2.05, 4.69) is 43.3 Å². The first-order valence-corrected chi connectivity index (χ1v) is 8.86. The Bertz CT molecular complexity index is 464. The minimum absolute atomic E-state index is 0.114. The van der Waals surface area contributed by atoms with Gasteiger partial charge < -0.3 is 5.32 Å². The van der Waals surface area contributed by atoms with Crippen LogP contribution in [-0.4, -0.2) is 35.1 Å². The van der Waals surface area contributed by atoms with Gasteiger partial charge in [-0.1, -0.05) is 13.8 Å². The molecule has 2 fully saturated rings. The minimum Gasteiger partial charge on any atom is -0.301 e. The summed E-state index contributed by atoms with van der Waals surface area (Å²) in [5, 5.41) is 7.50. The van der Waals surface area contributed by atoms with Gasteiger partial charge in [0.25, 0.3) is 0 Å². The molecule has 1 N–H and O–H groups in total. The van der Waals surface area contributed by atoms with E-state index in [4.69, 9.17) is 4.98 Å². The zero-order chi connectivity index (χ0) is 14.3. The monoisotopic (exact) mass is 293 g/mol. The van der Waals surface area contributed by atoms with E-state index in [1.54, 1.807) is 0 Å². The van der Waals surface area contributed by atoms with Crippen LogP contribution in [0.4, 0.5) is 0 Å². The van der Waals surface area contributed by atoms with Gasteiger partial charge >= 0.3 is 0 Å². The fraction of sp³-hybridized carbons (Fsp3) is 0.812. The van der Waals surface area contributed by atoms with Crippen LogP contribution in [0.25, 0.3) is 0 Å². The van der Waals surface area contributed by atoms with Crippen molar-refractivity contribution in [2.24, 2.45) is 0 Å². The Hall–Kier alpha value is -0.450. The van der Waals surface area contributed by atoms with Crippen LogP contribution in [0, 0.1) is 0 Å². The number of hydrogen-bond acceptors (Lipinski definition) is 4. The average Bonchev–Trinajstić information content (AvgIpc) is 2.93. The summed E-state index contributed by atoms with van der Waals surface area (Å²) < 4.78 is 0. The molecule has 1 saturated heterocycles. The second kappa shape index (κ2) is 5.39. The van der Waals surface area contributed by atoms with Gasteiger partial charge in [0.2, 0.25) is 0 Å². The van der Waals surface area contributed by atoms with Crippen molar-refractivity contribution in [3.8, 4) is 0 Å². The van der Waals surface area contributed by atoms with Crippen LogP contribution in [0.1, 0.15) is 63.6 Å². The topological polar surface area (TPSA) is 28.2 Å². The Labute approximate surface area is 126 Å². The van der Waals surface area contributed by atoms with E-state index in [9.17, 15) is 0 Å². The number of nitrogens with zero attached hydrogens (tertiary/aromatic N) is 2. The van der Waals surface area contributed by atoms with E-state index < -0.39 is 0 Å². The molecular formula is C16H27N3S. The van der Waals surface area contributed by atoms with Crippen LogP contribution in [0.5, 0.6) is 0 Å². The molecule has 1 saturated carbocycles. The van der Waals surface area contributed by atoms with Crippen molar-refractivity contribution in [2.45, 2.75) is 70.5 Å². The Morgan fingerprint density at radius 3 is 2.60 bits per heavy atom. The minimum atomic E-state index is 0.114. The molecule has 4 heteroatoms. The Morgan fingerprint density at radius 2 is 2.10 bits per heavy atom. The lowest BCUT2D eigenvalue weighted by Crippen LogP contribution is -2.46. The van der Waals surface area contributed by atoms with Crippen LogP contribution in [-0.2, 0) is 5.54 Å². The Kier molecular flexibility index (Phi) is 3.91. The van der Waals surface area contributed by atoms with Crippen LogP contribution < -0.4 is 5.32 Å². The van der Waals surface area contributed by atoms with Crippen LogP contribution in [0.3, 0.4) is 0 Å². The third-order valence-corrected chi connectivity index (χ3v) is 5.67. The number of aromatic nitrogens is 1. The van der Waals surface area contributed by atoms with E-state index in [0.717, 1.165) is 12.6 Å². The first-order valence-electron chi connectivity index (χ1n) is 7.98. The van der Waals surface area contributed by atoms with Crippen molar-refractivity contribution in [1.29, 1.82) is 0 Å². The van der Waals surface area contributed by atoms with E-state index in [-0.39, 0.29) is 5.54 Å². The molecular weight excluding hydrogens is 266 g/mol. The number of hydrogen-bond donors (Lipinski definition) is 1. The summed E-state index contributed by atoms with van der Waals surface area (Å²) in [6.45, 7) is 11.4. The van der Waals surface area contributed by atoms with Crippen molar-refractivity contribution in [2.75, 3.05) is 13.1 Å². The molecule has 20 heavy (non-hydrogen) atoms. The van der Waals surface area contributed by atoms with Crippen molar-refractivity contribution >= 4 is 11.3 Å². The van der Waals surface area contributed by atoms with E-state index in [1.807, 2.05) is 11.3 Å². The van der Waals surface area contributed by atoms with Crippen LogP contribution in [0.2, 0.25) is 0 Å². The van der Waals surface area contributed by atoms with Gasteiger partial charge in [0, 0.05) is 30.6 Å². The molecule has 112 valence electrons. The summed E-state index contributed by atoms with van der Waals surface area (Å²) in [4.78, 5) is 7.56. The number of nitrogens with one attached hydrogen (secondary N) is 1. The summed E-state index contributed by atoms with van der Waals surface area (Å²) in [6.07, 6.45) is 3.88. The molecule has 2 aliphatic rings. The summed E-state index contributed by atoms with van der Waals surface area (Å²) >= 11 is 1.86. The van der Waals surface area contributed by atoms with Gasteiger partial charge in [0.1, 0.15) is 5.01 Å². The van der Waals surface area contributed by atoms with Gasteiger partial charge in [-0.3, -0.25) is 4.90 Å². The predicted molar refractivity (Wildman–Crippen MR) is 85.4 cm³/mol. The lowest BCUT2D eigenvalue weighted by atomic mass is 9.99. The zero-order valence-corrected chi connectivity index (χ0v) is 14.0. The van der Waals surface area contributed by atoms with Crippen LogP contribution in [0.15, 0.2) is 5.38 Å². The molecule has 1 aliphatic heterocycles. The lowest BCUT2D eigenvalue weighted by Gasteiger charge is -2.30. The lowest BCUT2D eigenvalue weighted by molar-refractivity contribution is 0.238. The molecule has 3 rings (SSSR count). The largest absolute Gasteiger partial charge is 0.301 e. The predicted octanol–water partition coefficient (Wildman–Crippen LogP) is 3.33. The molecule has 0 radical (unpaired) electrons. The van der Waals surface area contributed by atoms with Gasteiger partial charge in [-0.05, 0) is 39.0 Å². The van der Waals surface area contributed by atoms with Crippen molar-refractivity contribution in [3.05, 3.63) is 16.1 Å². The molecule has 1 aromatic heterocycles. The smallest absolute Gasteiger partial charge is 0.114 e. The maximum Gasteiger partial charge on any atom is 0.114 e. The van der Waals surface area contributed by atoms with E-state index >= 15 is 0 Å². The van der Waals surface area contributed by atoms with Gasteiger partial charge in [-0.25, -0.2) is 4.98 Å². The van der Waals surface area contributed by atoms with Crippen LogP contribution >= 0.6 is 11.3 Å². The fourth-order valence-electron chi connectivity index (χ4n) is 3.02. The summed E-state index contributed by atoms with van der Waals surface area (Å²) in [6, 6.07) is 1.36. The first-order chi connectivity index (χ1) is 9.50. The summed E-state index contributed by atoms with van der Waals surface area (Å²) in [5.41, 5.74) is 1.37. The van der Waals surface area contributed by atoms with Crippen molar-refractivity contribution < 1.29 is 0 Å². The van der Waals surface area contributed by atoms with E-state index in [0.29, 0.717) is 12.0 Å². The molecule has 0 aromatic carbocycles. The number of thiazole rings is 1. The second-order valence-electron chi connectivity index (χ2n) is 7.05. The molecule has 1 atom stereocenters. The van der Waals surface area contributed by atoms with Gasteiger partial charge in [-0.15, -0.1) is 11.3 Å². The molecule has 3 nitrogen and oxygen atoms in total.